The van der Waals surface area contributed by atoms with Gasteiger partial charge >= 0.3 is 5.97 Å². The summed E-state index contributed by atoms with van der Waals surface area (Å²) in [5.74, 6) is 1.81. The Balaban J connectivity index is 1.35. The fourth-order valence-corrected chi connectivity index (χ4v) is 6.64. The fourth-order valence-electron chi connectivity index (χ4n) is 6.64. The minimum absolute atomic E-state index is 0.0767. The normalized spacial score (nSPS) is 30.9. The van der Waals surface area contributed by atoms with Crippen LogP contribution < -0.4 is 5.32 Å². The largest absolute Gasteiger partial charge is 0.467 e. The zero-order valence-electron chi connectivity index (χ0n) is 17.0. The van der Waals surface area contributed by atoms with Crippen molar-refractivity contribution in [1.82, 2.24) is 5.32 Å². The molecule has 1 N–H and O–H groups in total. The molecule has 0 spiro atoms. The third kappa shape index (κ3) is 3.43. The molecule has 29 heavy (non-hydrogen) atoms. The van der Waals surface area contributed by atoms with Crippen molar-refractivity contribution in [3.05, 3.63) is 48.0 Å². The highest BCUT2D eigenvalue weighted by atomic mass is 16.5. The SMILES string of the molecule is COC(=O)[C@@H](Cc1ccc2ccccc2c1)NC(=O)C12CC3CC(CC(C3)C1)C2. The average Bonchev–Trinajstić information content (AvgIpc) is 2.71. The highest BCUT2D eigenvalue weighted by Gasteiger charge is 2.55. The van der Waals surface area contributed by atoms with Gasteiger partial charge < -0.3 is 10.1 Å². The minimum Gasteiger partial charge on any atom is -0.467 e. The molecule has 0 aromatic heterocycles. The first-order valence-corrected chi connectivity index (χ1v) is 10.9. The molecule has 0 aliphatic heterocycles. The van der Waals surface area contributed by atoms with Gasteiger partial charge in [-0.25, -0.2) is 4.79 Å². The molecule has 4 aliphatic rings. The van der Waals surface area contributed by atoms with Gasteiger partial charge in [0.1, 0.15) is 6.04 Å². The zero-order valence-corrected chi connectivity index (χ0v) is 17.0. The molecule has 0 saturated heterocycles. The van der Waals surface area contributed by atoms with Crippen LogP contribution in [0.3, 0.4) is 0 Å². The summed E-state index contributed by atoms with van der Waals surface area (Å²) in [6.45, 7) is 0. The molecule has 4 aliphatic carbocycles. The Morgan fingerprint density at radius 1 is 1.00 bits per heavy atom. The van der Waals surface area contributed by atoms with Crippen LogP contribution in [0.4, 0.5) is 0 Å². The number of amides is 1. The predicted molar refractivity (Wildman–Crippen MR) is 112 cm³/mol. The van der Waals surface area contributed by atoms with Gasteiger partial charge in [-0.05, 0) is 72.6 Å². The number of carbonyl (C=O) groups excluding carboxylic acids is 2. The maximum atomic E-state index is 13.4. The summed E-state index contributed by atoms with van der Waals surface area (Å²) in [4.78, 5) is 25.9. The molecule has 4 saturated carbocycles. The van der Waals surface area contributed by atoms with Crippen molar-refractivity contribution in [2.45, 2.75) is 51.0 Å². The second-order valence-electron chi connectivity index (χ2n) is 9.63. The van der Waals surface area contributed by atoms with Gasteiger partial charge in [0.2, 0.25) is 5.91 Å². The molecule has 2 aromatic rings. The van der Waals surface area contributed by atoms with Crippen LogP contribution in [0, 0.1) is 23.2 Å². The molecule has 152 valence electrons. The van der Waals surface area contributed by atoms with Gasteiger partial charge in [-0.1, -0.05) is 42.5 Å². The van der Waals surface area contributed by atoms with E-state index in [1.165, 1.54) is 31.8 Å². The average molecular weight is 392 g/mol. The van der Waals surface area contributed by atoms with E-state index in [2.05, 4.69) is 29.6 Å². The van der Waals surface area contributed by atoms with E-state index in [1.807, 2.05) is 18.2 Å². The summed E-state index contributed by atoms with van der Waals surface area (Å²) in [7, 11) is 1.40. The van der Waals surface area contributed by atoms with Crippen LogP contribution in [-0.2, 0) is 20.7 Å². The van der Waals surface area contributed by atoms with Gasteiger partial charge in [0, 0.05) is 11.8 Å². The Hall–Kier alpha value is -2.36. The van der Waals surface area contributed by atoms with Crippen LogP contribution in [0.2, 0.25) is 0 Å². The molecule has 6 rings (SSSR count). The van der Waals surface area contributed by atoms with E-state index in [4.69, 9.17) is 4.74 Å². The van der Waals surface area contributed by atoms with Crippen LogP contribution in [-0.4, -0.2) is 25.0 Å². The molecular weight excluding hydrogens is 362 g/mol. The van der Waals surface area contributed by atoms with Crippen LogP contribution in [0.1, 0.15) is 44.1 Å². The lowest BCUT2D eigenvalue weighted by atomic mass is 9.49. The predicted octanol–water partition coefficient (Wildman–Crippen LogP) is 4.26. The molecule has 1 atom stereocenters. The lowest BCUT2D eigenvalue weighted by molar-refractivity contribution is -0.152. The molecule has 1 amide bonds. The second-order valence-corrected chi connectivity index (χ2v) is 9.63. The Bertz CT molecular complexity index is 915. The quantitative estimate of drug-likeness (QED) is 0.775. The summed E-state index contributed by atoms with van der Waals surface area (Å²) in [6, 6.07) is 13.7. The summed E-state index contributed by atoms with van der Waals surface area (Å²) in [5, 5.41) is 5.42. The molecule has 2 aromatic carbocycles. The summed E-state index contributed by atoms with van der Waals surface area (Å²) >= 11 is 0. The van der Waals surface area contributed by atoms with Gasteiger partial charge in [0.05, 0.1) is 7.11 Å². The van der Waals surface area contributed by atoms with Crippen molar-refractivity contribution in [2.75, 3.05) is 7.11 Å². The van der Waals surface area contributed by atoms with E-state index in [0.717, 1.165) is 30.2 Å². The number of rotatable bonds is 5. The molecule has 4 heteroatoms. The molecule has 0 radical (unpaired) electrons. The van der Waals surface area contributed by atoms with Gasteiger partial charge in [0.25, 0.3) is 0 Å². The number of methoxy groups -OCH3 is 1. The van der Waals surface area contributed by atoms with Crippen LogP contribution in [0.15, 0.2) is 42.5 Å². The highest BCUT2D eigenvalue weighted by Crippen LogP contribution is 2.60. The van der Waals surface area contributed by atoms with E-state index in [0.29, 0.717) is 24.2 Å². The van der Waals surface area contributed by atoms with Gasteiger partial charge in [-0.15, -0.1) is 0 Å². The van der Waals surface area contributed by atoms with Crippen molar-refractivity contribution in [2.24, 2.45) is 23.2 Å². The van der Waals surface area contributed by atoms with Crippen molar-refractivity contribution in [1.29, 1.82) is 0 Å². The zero-order chi connectivity index (χ0) is 20.0. The monoisotopic (exact) mass is 391 g/mol. The maximum absolute atomic E-state index is 13.4. The van der Waals surface area contributed by atoms with E-state index in [1.54, 1.807) is 0 Å². The Kier molecular flexibility index (Phi) is 4.60. The Morgan fingerprint density at radius 2 is 1.62 bits per heavy atom. The number of hydrogen-bond donors (Lipinski definition) is 1. The number of benzene rings is 2. The highest BCUT2D eigenvalue weighted by molar-refractivity contribution is 5.89. The van der Waals surface area contributed by atoms with Crippen molar-refractivity contribution < 1.29 is 14.3 Å². The summed E-state index contributed by atoms with van der Waals surface area (Å²) < 4.78 is 5.04. The standard InChI is InChI=1S/C25H29NO3/c1-29-23(27)22(12-16-6-7-20-4-2-3-5-21(20)11-16)26-24(28)25-13-17-8-18(14-25)10-19(9-17)15-25/h2-7,11,17-19,22H,8-10,12-15H2,1H3,(H,26,28)/t17?,18?,19?,22-,25?/m1/s1. The third-order valence-corrected chi connectivity index (χ3v) is 7.56. The number of esters is 1. The lowest BCUT2D eigenvalue weighted by Crippen LogP contribution is -2.56. The molecule has 4 bridgehead atoms. The maximum Gasteiger partial charge on any atom is 0.328 e. The van der Waals surface area contributed by atoms with E-state index in [9.17, 15) is 9.59 Å². The van der Waals surface area contributed by atoms with Gasteiger partial charge in [-0.2, -0.15) is 0 Å². The first-order chi connectivity index (χ1) is 14.0. The minimum atomic E-state index is -0.637. The number of carbonyl (C=O) groups is 2. The smallest absolute Gasteiger partial charge is 0.328 e. The first kappa shape index (κ1) is 18.7. The number of ether oxygens (including phenoxy) is 1. The third-order valence-electron chi connectivity index (χ3n) is 7.56. The molecule has 0 heterocycles. The number of nitrogens with one attached hydrogen (secondary N) is 1. The lowest BCUT2D eigenvalue weighted by Gasteiger charge is -2.55. The fraction of sp³-hybridized carbons (Fsp3) is 0.520. The van der Waals surface area contributed by atoms with Gasteiger partial charge in [-0.3, -0.25) is 4.79 Å². The second kappa shape index (κ2) is 7.16. The summed E-state index contributed by atoms with van der Waals surface area (Å²) in [6.07, 6.45) is 7.33. The number of hydrogen-bond acceptors (Lipinski definition) is 3. The Morgan fingerprint density at radius 3 is 2.24 bits per heavy atom. The van der Waals surface area contributed by atoms with Crippen LogP contribution >= 0.6 is 0 Å². The van der Waals surface area contributed by atoms with Crippen molar-refractivity contribution in [3.63, 3.8) is 0 Å². The Labute approximate surface area is 172 Å². The molecular formula is C25H29NO3. The van der Waals surface area contributed by atoms with Gasteiger partial charge in [0.15, 0.2) is 0 Å². The molecule has 4 nitrogen and oxygen atoms in total. The van der Waals surface area contributed by atoms with E-state index < -0.39 is 6.04 Å². The van der Waals surface area contributed by atoms with E-state index in [-0.39, 0.29) is 17.3 Å². The first-order valence-electron chi connectivity index (χ1n) is 10.9. The molecule has 4 fully saturated rings. The van der Waals surface area contributed by atoms with Crippen LogP contribution in [0.25, 0.3) is 10.8 Å². The molecule has 0 unspecified atom stereocenters. The van der Waals surface area contributed by atoms with Crippen molar-refractivity contribution in [3.8, 4) is 0 Å². The van der Waals surface area contributed by atoms with Crippen molar-refractivity contribution >= 4 is 22.6 Å². The summed E-state index contributed by atoms with van der Waals surface area (Å²) in [5.41, 5.74) is 0.773. The topological polar surface area (TPSA) is 55.4 Å². The van der Waals surface area contributed by atoms with Crippen LogP contribution in [0.5, 0.6) is 0 Å². The van der Waals surface area contributed by atoms with E-state index >= 15 is 0 Å². The number of fused-ring (bicyclic) bond motifs is 1.